The molecule has 1 aromatic rings. The summed E-state index contributed by atoms with van der Waals surface area (Å²) in [5, 5.41) is 20.0. The summed E-state index contributed by atoms with van der Waals surface area (Å²) in [4.78, 5) is 12.3. The molecule has 2 rings (SSSR count). The van der Waals surface area contributed by atoms with Crippen LogP contribution in [0.3, 0.4) is 0 Å². The van der Waals surface area contributed by atoms with Gasteiger partial charge < -0.3 is 5.32 Å². The second-order valence-electron chi connectivity index (χ2n) is 4.95. The van der Waals surface area contributed by atoms with Gasteiger partial charge in [-0.3, -0.25) is 4.79 Å². The van der Waals surface area contributed by atoms with Gasteiger partial charge in [0.25, 0.3) is 5.91 Å². The van der Waals surface area contributed by atoms with E-state index in [1.54, 1.807) is 6.07 Å². The largest absolute Gasteiger partial charge is 0.348 e. The summed E-state index contributed by atoms with van der Waals surface area (Å²) in [5.74, 6) is -0.202. The zero-order valence-electron chi connectivity index (χ0n) is 11.3. The number of amides is 1. The molecule has 2 atom stereocenters. The Kier molecular flexibility index (Phi) is 4.10. The van der Waals surface area contributed by atoms with Gasteiger partial charge in [-0.2, -0.15) is 15.5 Å². The molecule has 1 aliphatic carbocycles. The summed E-state index contributed by atoms with van der Waals surface area (Å²) in [6.45, 7) is 3.76. The lowest BCUT2D eigenvalue weighted by atomic mass is 10.0. The van der Waals surface area contributed by atoms with Crippen LogP contribution >= 0.6 is 0 Å². The van der Waals surface area contributed by atoms with Gasteiger partial charge in [0.05, 0.1) is 28.9 Å². The third kappa shape index (κ3) is 2.90. The van der Waals surface area contributed by atoms with Crippen LogP contribution in [-0.4, -0.2) is 22.1 Å². The van der Waals surface area contributed by atoms with Gasteiger partial charge in [0.1, 0.15) is 0 Å². The molecule has 1 saturated carbocycles. The van der Waals surface area contributed by atoms with E-state index < -0.39 is 0 Å². The number of aryl methyl sites for hydroxylation is 2. The van der Waals surface area contributed by atoms with E-state index in [1.165, 1.54) is 0 Å². The summed E-state index contributed by atoms with van der Waals surface area (Å²) < 4.78 is 0. The van der Waals surface area contributed by atoms with E-state index in [2.05, 4.69) is 21.6 Å². The number of carbonyl (C=O) groups is 1. The van der Waals surface area contributed by atoms with Gasteiger partial charge in [0.15, 0.2) is 0 Å². The highest BCUT2D eigenvalue weighted by Gasteiger charge is 2.29. The molecule has 0 bridgehead atoms. The lowest BCUT2D eigenvalue weighted by Crippen LogP contribution is -2.37. The molecule has 2 unspecified atom stereocenters. The molecular weight excluding hydrogens is 240 g/mol. The fourth-order valence-electron chi connectivity index (χ4n) is 2.51. The molecule has 5 heteroatoms. The number of nitrogens with zero attached hydrogens (tertiary/aromatic N) is 3. The van der Waals surface area contributed by atoms with Gasteiger partial charge in [0.2, 0.25) is 0 Å². The fraction of sp³-hybridized carbons (Fsp3) is 0.571. The predicted molar refractivity (Wildman–Crippen MR) is 70.4 cm³/mol. The average molecular weight is 258 g/mol. The van der Waals surface area contributed by atoms with Gasteiger partial charge in [-0.1, -0.05) is 6.92 Å². The lowest BCUT2D eigenvalue weighted by Gasteiger charge is -2.16. The van der Waals surface area contributed by atoms with Crippen molar-refractivity contribution in [3.8, 4) is 6.07 Å². The van der Waals surface area contributed by atoms with Crippen molar-refractivity contribution < 1.29 is 4.79 Å². The first-order valence-electron chi connectivity index (χ1n) is 6.69. The van der Waals surface area contributed by atoms with Gasteiger partial charge >= 0.3 is 0 Å². The summed E-state index contributed by atoms with van der Waals surface area (Å²) in [6, 6.07) is 4.00. The third-order valence-corrected chi connectivity index (χ3v) is 3.57. The van der Waals surface area contributed by atoms with Crippen molar-refractivity contribution >= 4 is 5.91 Å². The maximum Gasteiger partial charge on any atom is 0.253 e. The minimum Gasteiger partial charge on any atom is -0.348 e. The van der Waals surface area contributed by atoms with Crippen LogP contribution in [0.5, 0.6) is 0 Å². The van der Waals surface area contributed by atoms with E-state index in [-0.39, 0.29) is 17.9 Å². The molecule has 0 radical (unpaired) electrons. The first-order chi connectivity index (χ1) is 9.15. The maximum atomic E-state index is 12.3. The molecule has 5 nitrogen and oxygen atoms in total. The Morgan fingerprint density at radius 1 is 1.53 bits per heavy atom. The Balaban J connectivity index is 2.16. The summed E-state index contributed by atoms with van der Waals surface area (Å²) in [7, 11) is 0. The van der Waals surface area contributed by atoms with Crippen molar-refractivity contribution in [1.82, 2.24) is 15.5 Å². The van der Waals surface area contributed by atoms with Crippen molar-refractivity contribution in [2.75, 3.05) is 0 Å². The average Bonchev–Trinajstić information content (AvgIpc) is 2.85. The molecule has 19 heavy (non-hydrogen) atoms. The van der Waals surface area contributed by atoms with E-state index in [0.29, 0.717) is 17.7 Å². The lowest BCUT2D eigenvalue weighted by molar-refractivity contribution is 0.0931. The van der Waals surface area contributed by atoms with Crippen molar-refractivity contribution in [2.24, 2.45) is 5.92 Å². The van der Waals surface area contributed by atoms with Gasteiger partial charge in [-0.25, -0.2) is 0 Å². The Bertz CT molecular complexity index is 521. The van der Waals surface area contributed by atoms with Crippen LogP contribution < -0.4 is 5.32 Å². The topological polar surface area (TPSA) is 78.7 Å². The molecular formula is C14H18N4O. The number of aromatic nitrogens is 2. The molecule has 0 saturated heterocycles. The number of carbonyl (C=O) groups excluding carboxylic acids is 1. The minimum atomic E-state index is -0.137. The Labute approximate surface area is 113 Å². The SMILES string of the molecule is CCc1nnc(C)cc1C(=O)NC1CCCC1C#N. The van der Waals surface area contributed by atoms with Crippen LogP contribution in [0.15, 0.2) is 6.07 Å². The molecule has 100 valence electrons. The highest BCUT2D eigenvalue weighted by Crippen LogP contribution is 2.25. The van der Waals surface area contributed by atoms with E-state index in [0.717, 1.165) is 25.0 Å². The summed E-state index contributed by atoms with van der Waals surface area (Å²) >= 11 is 0. The number of hydrogen-bond acceptors (Lipinski definition) is 4. The van der Waals surface area contributed by atoms with E-state index in [9.17, 15) is 4.79 Å². The predicted octanol–water partition coefficient (Wildman–Crippen LogP) is 1.77. The second kappa shape index (κ2) is 5.79. The first-order valence-corrected chi connectivity index (χ1v) is 6.69. The monoisotopic (exact) mass is 258 g/mol. The molecule has 1 heterocycles. The van der Waals surface area contributed by atoms with Gasteiger partial charge in [0, 0.05) is 6.04 Å². The zero-order valence-corrected chi connectivity index (χ0v) is 11.3. The van der Waals surface area contributed by atoms with Crippen LogP contribution in [-0.2, 0) is 6.42 Å². The van der Waals surface area contributed by atoms with Gasteiger partial charge in [-0.15, -0.1) is 0 Å². The Hall–Kier alpha value is -1.96. The van der Waals surface area contributed by atoms with Crippen molar-refractivity contribution in [3.63, 3.8) is 0 Å². The van der Waals surface area contributed by atoms with Crippen LogP contribution in [0.2, 0.25) is 0 Å². The van der Waals surface area contributed by atoms with Crippen molar-refractivity contribution in [3.05, 3.63) is 23.0 Å². The van der Waals surface area contributed by atoms with Crippen LogP contribution in [0, 0.1) is 24.2 Å². The molecule has 0 spiro atoms. The van der Waals surface area contributed by atoms with Crippen molar-refractivity contribution in [2.45, 2.75) is 45.6 Å². The third-order valence-electron chi connectivity index (χ3n) is 3.57. The van der Waals surface area contributed by atoms with Crippen molar-refractivity contribution in [1.29, 1.82) is 5.26 Å². The van der Waals surface area contributed by atoms with Crippen LogP contribution in [0.25, 0.3) is 0 Å². The molecule has 0 aliphatic heterocycles. The first kappa shape index (κ1) is 13.5. The molecule has 1 amide bonds. The molecule has 1 aromatic heterocycles. The number of nitrogens with one attached hydrogen (secondary N) is 1. The fourth-order valence-corrected chi connectivity index (χ4v) is 2.51. The zero-order chi connectivity index (χ0) is 13.8. The Morgan fingerprint density at radius 3 is 3.00 bits per heavy atom. The molecule has 1 fully saturated rings. The number of rotatable bonds is 3. The standard InChI is InChI=1S/C14H18N4O/c1-3-12-11(7-9(2)17-18-12)14(19)16-13-6-4-5-10(13)8-15/h7,10,13H,3-6H2,1-2H3,(H,16,19). The minimum absolute atomic E-state index is 0.0318. The molecule has 1 aliphatic rings. The number of nitriles is 1. The smallest absolute Gasteiger partial charge is 0.253 e. The highest BCUT2D eigenvalue weighted by molar-refractivity contribution is 5.95. The van der Waals surface area contributed by atoms with E-state index >= 15 is 0 Å². The molecule has 1 N–H and O–H groups in total. The van der Waals surface area contributed by atoms with E-state index in [1.807, 2.05) is 13.8 Å². The van der Waals surface area contributed by atoms with Crippen LogP contribution in [0.4, 0.5) is 0 Å². The normalized spacial score (nSPS) is 21.9. The quantitative estimate of drug-likeness (QED) is 0.896. The maximum absolute atomic E-state index is 12.3. The second-order valence-corrected chi connectivity index (χ2v) is 4.95. The van der Waals surface area contributed by atoms with Crippen LogP contribution in [0.1, 0.15) is 47.9 Å². The van der Waals surface area contributed by atoms with E-state index in [4.69, 9.17) is 5.26 Å². The highest BCUT2D eigenvalue weighted by atomic mass is 16.1. The Morgan fingerprint density at radius 2 is 2.32 bits per heavy atom. The summed E-state index contributed by atoms with van der Waals surface area (Å²) in [6.07, 6.45) is 3.42. The van der Waals surface area contributed by atoms with Gasteiger partial charge in [-0.05, 0) is 38.7 Å². The summed E-state index contributed by atoms with van der Waals surface area (Å²) in [5.41, 5.74) is 2.01. The number of hydrogen-bond donors (Lipinski definition) is 1. The molecule has 0 aromatic carbocycles.